The molecule has 31 heavy (non-hydrogen) atoms. The Hall–Kier alpha value is -3.67. The maximum atomic E-state index is 12.8. The number of carbonyl (C=O) groups excluding carboxylic acids is 1. The fourth-order valence-electron chi connectivity index (χ4n) is 3.70. The summed E-state index contributed by atoms with van der Waals surface area (Å²) in [4.78, 5) is 14.7. The molecule has 6 nitrogen and oxygen atoms in total. The van der Waals surface area contributed by atoms with Gasteiger partial charge < -0.3 is 24.4 Å². The van der Waals surface area contributed by atoms with Gasteiger partial charge in [0, 0.05) is 25.2 Å². The average Bonchev–Trinajstić information content (AvgIpc) is 2.82. The van der Waals surface area contributed by atoms with E-state index in [0.717, 1.165) is 29.0 Å². The monoisotopic (exact) mass is 418 g/mol. The molecule has 6 heteroatoms. The minimum Gasteiger partial charge on any atom is -0.493 e. The molecule has 2 amide bonds. The van der Waals surface area contributed by atoms with Crippen LogP contribution < -0.4 is 19.5 Å². The van der Waals surface area contributed by atoms with E-state index in [0.29, 0.717) is 31.1 Å². The van der Waals surface area contributed by atoms with E-state index in [4.69, 9.17) is 14.2 Å². The molecular formula is C25H26N2O4. The van der Waals surface area contributed by atoms with Crippen molar-refractivity contribution in [2.24, 2.45) is 0 Å². The molecule has 0 atom stereocenters. The van der Waals surface area contributed by atoms with Crippen LogP contribution in [0.1, 0.15) is 16.7 Å². The lowest BCUT2D eigenvalue weighted by Gasteiger charge is -2.29. The van der Waals surface area contributed by atoms with Crippen molar-refractivity contribution in [3.05, 3.63) is 83.4 Å². The highest BCUT2D eigenvalue weighted by atomic mass is 16.5. The van der Waals surface area contributed by atoms with Gasteiger partial charge in [0.15, 0.2) is 11.5 Å². The molecule has 1 N–H and O–H groups in total. The Bertz CT molecular complexity index is 1050. The van der Waals surface area contributed by atoms with Crippen molar-refractivity contribution in [1.29, 1.82) is 0 Å². The first-order valence-electron chi connectivity index (χ1n) is 10.3. The molecule has 0 aliphatic carbocycles. The highest BCUT2D eigenvalue weighted by Crippen LogP contribution is 2.33. The molecule has 1 aliphatic heterocycles. The number of benzene rings is 3. The van der Waals surface area contributed by atoms with Crippen molar-refractivity contribution in [1.82, 2.24) is 10.2 Å². The minimum atomic E-state index is -0.102. The lowest BCUT2D eigenvalue weighted by Crippen LogP contribution is -2.42. The normalized spacial score (nSPS) is 12.6. The Labute approximate surface area is 182 Å². The number of amides is 2. The fraction of sp³-hybridized carbons (Fsp3) is 0.240. The van der Waals surface area contributed by atoms with Gasteiger partial charge in [-0.05, 0) is 47.9 Å². The lowest BCUT2D eigenvalue weighted by atomic mass is 9.99. The van der Waals surface area contributed by atoms with Gasteiger partial charge in [-0.3, -0.25) is 0 Å². The third-order valence-electron chi connectivity index (χ3n) is 5.38. The van der Waals surface area contributed by atoms with Gasteiger partial charge in [0.25, 0.3) is 0 Å². The molecular weight excluding hydrogens is 392 g/mol. The summed E-state index contributed by atoms with van der Waals surface area (Å²) < 4.78 is 16.8. The van der Waals surface area contributed by atoms with Crippen molar-refractivity contribution >= 4 is 6.03 Å². The van der Waals surface area contributed by atoms with Crippen LogP contribution in [0.4, 0.5) is 4.79 Å². The Morgan fingerprint density at radius 1 is 0.903 bits per heavy atom. The number of para-hydroxylation sites is 2. The summed E-state index contributed by atoms with van der Waals surface area (Å²) in [5.41, 5.74) is 3.18. The van der Waals surface area contributed by atoms with Crippen LogP contribution in [-0.4, -0.2) is 31.7 Å². The zero-order valence-corrected chi connectivity index (χ0v) is 17.8. The number of methoxy groups -OCH3 is 2. The first-order valence-corrected chi connectivity index (χ1v) is 10.3. The quantitative estimate of drug-likeness (QED) is 0.627. The van der Waals surface area contributed by atoms with Gasteiger partial charge in [-0.15, -0.1) is 0 Å². The molecule has 3 aromatic carbocycles. The van der Waals surface area contributed by atoms with E-state index in [-0.39, 0.29) is 6.03 Å². The van der Waals surface area contributed by atoms with Crippen molar-refractivity contribution in [3.8, 4) is 23.0 Å². The van der Waals surface area contributed by atoms with Crippen LogP contribution >= 0.6 is 0 Å². The van der Waals surface area contributed by atoms with E-state index in [1.807, 2.05) is 71.6 Å². The number of ether oxygens (including phenoxy) is 3. The van der Waals surface area contributed by atoms with Gasteiger partial charge in [-0.25, -0.2) is 4.79 Å². The highest BCUT2D eigenvalue weighted by molar-refractivity contribution is 5.74. The summed E-state index contributed by atoms with van der Waals surface area (Å²) in [6.07, 6.45) is 0.775. The maximum absolute atomic E-state index is 12.8. The van der Waals surface area contributed by atoms with E-state index in [9.17, 15) is 4.79 Å². The Balaban J connectivity index is 1.41. The second-order valence-corrected chi connectivity index (χ2v) is 7.33. The van der Waals surface area contributed by atoms with E-state index in [1.54, 1.807) is 14.2 Å². The Morgan fingerprint density at radius 2 is 1.58 bits per heavy atom. The summed E-state index contributed by atoms with van der Waals surface area (Å²) in [6.45, 7) is 1.57. The molecule has 4 rings (SSSR count). The number of nitrogens with zero attached hydrogens (tertiary/aromatic N) is 1. The zero-order chi connectivity index (χ0) is 21.6. The van der Waals surface area contributed by atoms with Crippen LogP contribution in [0.15, 0.2) is 66.7 Å². The number of rotatable bonds is 6. The van der Waals surface area contributed by atoms with Gasteiger partial charge in [0.2, 0.25) is 0 Å². The maximum Gasteiger partial charge on any atom is 0.317 e. The summed E-state index contributed by atoms with van der Waals surface area (Å²) in [5.74, 6) is 2.89. The van der Waals surface area contributed by atoms with E-state index >= 15 is 0 Å². The van der Waals surface area contributed by atoms with Gasteiger partial charge in [-0.2, -0.15) is 0 Å². The second-order valence-electron chi connectivity index (χ2n) is 7.33. The molecule has 0 aromatic heterocycles. The number of nitrogens with one attached hydrogen (secondary N) is 1. The van der Waals surface area contributed by atoms with Crippen LogP contribution in [0.25, 0.3) is 0 Å². The summed E-state index contributed by atoms with van der Waals surface area (Å²) in [6, 6.07) is 21.2. The largest absolute Gasteiger partial charge is 0.493 e. The predicted molar refractivity (Wildman–Crippen MR) is 119 cm³/mol. The third kappa shape index (κ3) is 4.74. The Morgan fingerprint density at radius 3 is 2.32 bits per heavy atom. The van der Waals surface area contributed by atoms with Crippen LogP contribution in [-0.2, 0) is 19.5 Å². The van der Waals surface area contributed by atoms with Gasteiger partial charge in [0.05, 0.1) is 14.2 Å². The van der Waals surface area contributed by atoms with Crippen LogP contribution in [0.2, 0.25) is 0 Å². The van der Waals surface area contributed by atoms with Crippen LogP contribution in [0.5, 0.6) is 23.0 Å². The zero-order valence-electron chi connectivity index (χ0n) is 17.8. The number of hydrogen-bond donors (Lipinski definition) is 1. The molecule has 0 spiro atoms. The molecule has 0 bridgehead atoms. The van der Waals surface area contributed by atoms with E-state index in [2.05, 4.69) is 5.32 Å². The number of fused-ring (bicyclic) bond motifs is 1. The van der Waals surface area contributed by atoms with Crippen LogP contribution in [0.3, 0.4) is 0 Å². The summed E-state index contributed by atoms with van der Waals surface area (Å²) >= 11 is 0. The van der Waals surface area contributed by atoms with Crippen molar-refractivity contribution in [2.45, 2.75) is 19.5 Å². The Kier molecular flexibility index (Phi) is 6.26. The molecule has 1 heterocycles. The number of carbonyl (C=O) groups is 1. The molecule has 1 aliphatic rings. The molecule has 0 saturated heterocycles. The lowest BCUT2D eigenvalue weighted by molar-refractivity contribution is 0.191. The number of hydrogen-bond acceptors (Lipinski definition) is 4. The molecule has 0 saturated carbocycles. The molecule has 160 valence electrons. The molecule has 0 fully saturated rings. The molecule has 3 aromatic rings. The minimum absolute atomic E-state index is 0.102. The van der Waals surface area contributed by atoms with Crippen LogP contribution in [0, 0.1) is 0 Å². The van der Waals surface area contributed by atoms with Crippen molar-refractivity contribution in [3.63, 3.8) is 0 Å². The summed E-state index contributed by atoms with van der Waals surface area (Å²) in [7, 11) is 3.25. The SMILES string of the molecule is COc1cc2c(cc1OC)CN(C(=O)NCc1ccccc1Oc1ccccc1)CC2. The topological polar surface area (TPSA) is 60.0 Å². The van der Waals surface area contributed by atoms with E-state index < -0.39 is 0 Å². The highest BCUT2D eigenvalue weighted by Gasteiger charge is 2.23. The number of urea groups is 1. The third-order valence-corrected chi connectivity index (χ3v) is 5.38. The smallest absolute Gasteiger partial charge is 0.317 e. The average molecular weight is 418 g/mol. The van der Waals surface area contributed by atoms with Crippen molar-refractivity contribution in [2.75, 3.05) is 20.8 Å². The molecule has 0 radical (unpaired) electrons. The van der Waals surface area contributed by atoms with Crippen molar-refractivity contribution < 1.29 is 19.0 Å². The van der Waals surface area contributed by atoms with Gasteiger partial charge in [-0.1, -0.05) is 36.4 Å². The van der Waals surface area contributed by atoms with E-state index in [1.165, 1.54) is 5.56 Å². The fourth-order valence-corrected chi connectivity index (χ4v) is 3.70. The first-order chi connectivity index (χ1) is 15.2. The summed E-state index contributed by atoms with van der Waals surface area (Å²) in [5, 5.41) is 3.03. The standard InChI is InChI=1S/C25H26N2O4/c1-29-23-14-18-12-13-27(17-20(18)15-24(23)30-2)25(28)26-16-19-8-6-7-11-22(19)31-21-9-4-3-5-10-21/h3-11,14-15H,12-13,16-17H2,1-2H3,(H,26,28). The first kappa shape index (κ1) is 20.6. The second kappa shape index (κ2) is 9.43. The molecule has 0 unspecified atom stereocenters. The van der Waals surface area contributed by atoms with Gasteiger partial charge in [0.1, 0.15) is 11.5 Å². The van der Waals surface area contributed by atoms with Gasteiger partial charge >= 0.3 is 6.03 Å². The predicted octanol–water partition coefficient (Wildman–Crippen LogP) is 4.76.